The Morgan fingerprint density at radius 2 is 1.93 bits per heavy atom. The summed E-state index contributed by atoms with van der Waals surface area (Å²) in [4.78, 5) is 17.1. The fourth-order valence-electron chi connectivity index (χ4n) is 3.40. The predicted octanol–water partition coefficient (Wildman–Crippen LogP) is 4.00. The second-order valence-electron chi connectivity index (χ2n) is 6.63. The molecule has 0 bridgehead atoms. The van der Waals surface area contributed by atoms with Gasteiger partial charge >= 0.3 is 0 Å². The number of carbonyl (C=O) groups excluding carboxylic acids is 1. The Morgan fingerprint density at radius 1 is 1.14 bits per heavy atom. The Balaban J connectivity index is 1.86. The maximum atomic E-state index is 13.0. The first-order valence-corrected chi connectivity index (χ1v) is 9.08. The Morgan fingerprint density at radius 3 is 2.57 bits per heavy atom. The Bertz CT molecular complexity index is 980. The lowest BCUT2D eigenvalue weighted by Gasteiger charge is -2.18. The number of nitrogens with one attached hydrogen (secondary N) is 1. The highest BCUT2D eigenvalue weighted by molar-refractivity contribution is 5.96. The van der Waals surface area contributed by atoms with Crippen molar-refractivity contribution in [2.45, 2.75) is 26.8 Å². The molecule has 1 amide bonds. The normalized spacial score (nSPS) is 11.8. The summed E-state index contributed by atoms with van der Waals surface area (Å²) < 4.78 is 12.7. The zero-order valence-electron chi connectivity index (χ0n) is 16.8. The van der Waals surface area contributed by atoms with E-state index in [-0.39, 0.29) is 11.9 Å². The van der Waals surface area contributed by atoms with Gasteiger partial charge in [-0.05, 0) is 51.1 Å². The van der Waals surface area contributed by atoms with Gasteiger partial charge in [-0.3, -0.25) is 9.78 Å². The molecule has 3 aromatic rings. The summed E-state index contributed by atoms with van der Waals surface area (Å²) >= 11 is 0. The van der Waals surface area contributed by atoms with Crippen molar-refractivity contribution in [3.63, 3.8) is 0 Å². The van der Waals surface area contributed by atoms with E-state index in [0.29, 0.717) is 17.1 Å². The molecular formula is C22H25N3O3. The van der Waals surface area contributed by atoms with Crippen LogP contribution in [0.4, 0.5) is 0 Å². The van der Waals surface area contributed by atoms with Gasteiger partial charge in [0.05, 0.1) is 37.7 Å². The lowest BCUT2D eigenvalue weighted by Crippen LogP contribution is -2.27. The molecule has 0 aliphatic rings. The highest BCUT2D eigenvalue weighted by Gasteiger charge is 2.20. The number of rotatable bonds is 6. The van der Waals surface area contributed by atoms with Crippen LogP contribution in [0.5, 0.6) is 11.5 Å². The topological polar surface area (TPSA) is 65.4 Å². The number of nitrogens with zero attached hydrogens (tertiary/aromatic N) is 2. The summed E-state index contributed by atoms with van der Waals surface area (Å²) in [6.45, 7) is 5.85. The molecule has 6 heteroatoms. The van der Waals surface area contributed by atoms with E-state index in [4.69, 9.17) is 9.47 Å². The number of aromatic nitrogens is 2. The number of pyridine rings is 1. The second-order valence-corrected chi connectivity index (χ2v) is 6.63. The van der Waals surface area contributed by atoms with E-state index in [1.807, 2.05) is 61.7 Å². The Kier molecular flexibility index (Phi) is 5.68. The van der Waals surface area contributed by atoms with Crippen LogP contribution < -0.4 is 14.8 Å². The number of benzene rings is 1. The van der Waals surface area contributed by atoms with Crippen LogP contribution >= 0.6 is 0 Å². The van der Waals surface area contributed by atoms with Gasteiger partial charge in [0.25, 0.3) is 5.91 Å². The fraction of sp³-hybridized carbons (Fsp3) is 0.273. The van der Waals surface area contributed by atoms with E-state index in [1.165, 1.54) is 0 Å². The first-order chi connectivity index (χ1) is 13.5. The van der Waals surface area contributed by atoms with Crippen LogP contribution in [0.1, 0.15) is 40.3 Å². The summed E-state index contributed by atoms with van der Waals surface area (Å²) in [5, 5.41) is 3.07. The van der Waals surface area contributed by atoms with E-state index in [0.717, 1.165) is 22.6 Å². The minimum atomic E-state index is -0.227. The van der Waals surface area contributed by atoms with Crippen LogP contribution in [-0.2, 0) is 0 Å². The number of amides is 1. The van der Waals surface area contributed by atoms with Crippen LogP contribution in [0.3, 0.4) is 0 Å². The summed E-state index contributed by atoms with van der Waals surface area (Å²) in [5.41, 5.74) is 4.31. The van der Waals surface area contributed by atoms with Gasteiger partial charge in [0.1, 0.15) is 11.5 Å². The van der Waals surface area contributed by atoms with Gasteiger partial charge in [-0.2, -0.15) is 0 Å². The Labute approximate surface area is 165 Å². The zero-order chi connectivity index (χ0) is 20.3. The van der Waals surface area contributed by atoms with Gasteiger partial charge < -0.3 is 19.4 Å². The molecule has 0 radical (unpaired) electrons. The van der Waals surface area contributed by atoms with Crippen LogP contribution in [0.25, 0.3) is 5.69 Å². The fourth-order valence-corrected chi connectivity index (χ4v) is 3.40. The van der Waals surface area contributed by atoms with Gasteiger partial charge in [-0.15, -0.1) is 0 Å². The van der Waals surface area contributed by atoms with Crippen molar-refractivity contribution in [3.8, 4) is 17.2 Å². The molecule has 3 rings (SSSR count). The van der Waals surface area contributed by atoms with Crippen molar-refractivity contribution in [2.24, 2.45) is 0 Å². The molecule has 2 heterocycles. The number of hydrogen-bond acceptors (Lipinski definition) is 4. The third-order valence-electron chi connectivity index (χ3n) is 4.83. The van der Waals surface area contributed by atoms with Crippen LogP contribution in [0.15, 0.2) is 48.8 Å². The number of carbonyl (C=O) groups is 1. The monoisotopic (exact) mass is 379 g/mol. The third kappa shape index (κ3) is 3.71. The maximum absolute atomic E-state index is 13.0. The number of ether oxygens (including phenoxy) is 2. The van der Waals surface area contributed by atoms with Crippen molar-refractivity contribution in [3.05, 3.63) is 71.3 Å². The van der Waals surface area contributed by atoms with Crippen molar-refractivity contribution in [1.82, 2.24) is 14.9 Å². The molecule has 0 unspecified atom stereocenters. The molecule has 1 N–H and O–H groups in total. The molecule has 6 nitrogen and oxygen atoms in total. The largest absolute Gasteiger partial charge is 0.497 e. The average molecular weight is 379 g/mol. The molecule has 2 aromatic heterocycles. The molecule has 0 aliphatic heterocycles. The van der Waals surface area contributed by atoms with E-state index in [2.05, 4.69) is 10.3 Å². The molecule has 0 fully saturated rings. The van der Waals surface area contributed by atoms with Crippen molar-refractivity contribution < 1.29 is 14.3 Å². The highest BCUT2D eigenvalue weighted by Crippen LogP contribution is 2.30. The quantitative estimate of drug-likeness (QED) is 0.703. The average Bonchev–Trinajstić information content (AvgIpc) is 3.02. The first kappa shape index (κ1) is 19.5. The van der Waals surface area contributed by atoms with Gasteiger partial charge in [0.2, 0.25) is 0 Å². The predicted molar refractivity (Wildman–Crippen MR) is 108 cm³/mol. The molecule has 0 saturated carbocycles. The SMILES string of the molecule is COc1ccc([C@H](C)NC(=O)c2cc(C)n(-c3cccnc3)c2C)c(OC)c1. The van der Waals surface area contributed by atoms with Gasteiger partial charge in [-0.1, -0.05) is 0 Å². The Hall–Kier alpha value is -3.28. The molecule has 28 heavy (non-hydrogen) atoms. The van der Waals surface area contributed by atoms with Crippen molar-refractivity contribution in [1.29, 1.82) is 0 Å². The van der Waals surface area contributed by atoms with Gasteiger partial charge in [-0.25, -0.2) is 0 Å². The van der Waals surface area contributed by atoms with E-state index < -0.39 is 0 Å². The standard InChI is InChI=1S/C22H25N3O3/c1-14-11-20(16(3)25(14)17-7-6-10-23-13-17)22(26)24-15(2)19-9-8-18(27-4)12-21(19)28-5/h6-13,15H,1-5H3,(H,24,26)/t15-/m0/s1. The summed E-state index contributed by atoms with van der Waals surface area (Å²) in [7, 11) is 3.21. The van der Waals surface area contributed by atoms with Crippen LogP contribution in [0, 0.1) is 13.8 Å². The lowest BCUT2D eigenvalue weighted by atomic mass is 10.1. The van der Waals surface area contributed by atoms with E-state index >= 15 is 0 Å². The molecular weight excluding hydrogens is 354 g/mol. The first-order valence-electron chi connectivity index (χ1n) is 9.08. The molecule has 1 aromatic carbocycles. The summed E-state index contributed by atoms with van der Waals surface area (Å²) in [6, 6.07) is 11.1. The molecule has 0 spiro atoms. The molecule has 0 aliphatic carbocycles. The van der Waals surface area contributed by atoms with Crippen molar-refractivity contribution in [2.75, 3.05) is 14.2 Å². The number of aryl methyl sites for hydroxylation is 1. The maximum Gasteiger partial charge on any atom is 0.253 e. The van der Waals surface area contributed by atoms with Gasteiger partial charge in [0.15, 0.2) is 0 Å². The van der Waals surface area contributed by atoms with Crippen LogP contribution in [-0.4, -0.2) is 29.7 Å². The van der Waals surface area contributed by atoms with E-state index in [9.17, 15) is 4.79 Å². The molecule has 0 saturated heterocycles. The molecule has 1 atom stereocenters. The van der Waals surface area contributed by atoms with Crippen LogP contribution in [0.2, 0.25) is 0 Å². The smallest absolute Gasteiger partial charge is 0.253 e. The minimum Gasteiger partial charge on any atom is -0.497 e. The minimum absolute atomic E-state index is 0.131. The lowest BCUT2D eigenvalue weighted by molar-refractivity contribution is 0.0939. The second kappa shape index (κ2) is 8.17. The summed E-state index contributed by atoms with van der Waals surface area (Å²) in [6.07, 6.45) is 3.52. The molecule has 146 valence electrons. The third-order valence-corrected chi connectivity index (χ3v) is 4.83. The van der Waals surface area contributed by atoms with Gasteiger partial charge in [0, 0.05) is 29.2 Å². The van der Waals surface area contributed by atoms with Crippen molar-refractivity contribution >= 4 is 5.91 Å². The zero-order valence-corrected chi connectivity index (χ0v) is 16.8. The number of hydrogen-bond donors (Lipinski definition) is 1. The highest BCUT2D eigenvalue weighted by atomic mass is 16.5. The summed E-state index contributed by atoms with van der Waals surface area (Å²) in [5.74, 6) is 1.25. The van der Waals surface area contributed by atoms with E-state index in [1.54, 1.807) is 26.6 Å². The number of methoxy groups -OCH3 is 2.